The van der Waals surface area contributed by atoms with E-state index in [2.05, 4.69) is 10.2 Å². The molecule has 160 valence electrons. The van der Waals surface area contributed by atoms with Crippen LogP contribution in [0.2, 0.25) is 0 Å². The number of benzene rings is 1. The Hall–Kier alpha value is -2.97. The van der Waals surface area contributed by atoms with E-state index >= 15 is 0 Å². The highest BCUT2D eigenvalue weighted by Crippen LogP contribution is 2.48. The van der Waals surface area contributed by atoms with Crippen LogP contribution < -0.4 is 10.2 Å². The molecule has 1 aromatic rings. The summed E-state index contributed by atoms with van der Waals surface area (Å²) in [6.07, 6.45) is 4.04. The second-order valence-corrected chi connectivity index (χ2v) is 8.47. The van der Waals surface area contributed by atoms with E-state index in [1.165, 1.54) is 17.0 Å². The van der Waals surface area contributed by atoms with Crippen LogP contribution in [-0.2, 0) is 16.0 Å². The van der Waals surface area contributed by atoms with Crippen molar-refractivity contribution in [2.45, 2.75) is 64.5 Å². The van der Waals surface area contributed by atoms with Crippen molar-refractivity contribution >= 4 is 29.2 Å². The number of rotatable bonds is 3. The molecule has 3 aliphatic rings. The first-order valence-electron chi connectivity index (χ1n) is 10.5. The van der Waals surface area contributed by atoms with Crippen molar-refractivity contribution in [3.05, 3.63) is 33.9 Å². The van der Waals surface area contributed by atoms with E-state index in [-0.39, 0.29) is 24.2 Å². The van der Waals surface area contributed by atoms with Gasteiger partial charge in [-0.25, -0.2) is 4.79 Å². The molecule has 4 rings (SSSR count). The fourth-order valence-electron chi connectivity index (χ4n) is 5.14. The predicted octanol–water partition coefficient (Wildman–Crippen LogP) is 2.76. The third-order valence-electron chi connectivity index (χ3n) is 6.85. The van der Waals surface area contributed by atoms with Gasteiger partial charge >= 0.3 is 6.03 Å². The second-order valence-electron chi connectivity index (χ2n) is 8.47. The highest BCUT2D eigenvalue weighted by Gasteiger charge is 2.62. The zero-order chi connectivity index (χ0) is 21.6. The summed E-state index contributed by atoms with van der Waals surface area (Å²) in [6, 6.07) is 3.23. The number of carbonyl (C=O) groups excluding carboxylic acids is 3. The predicted molar refractivity (Wildman–Crippen MR) is 109 cm³/mol. The molecule has 0 radical (unpaired) electrons. The number of imide groups is 2. The Balaban J connectivity index is 1.89. The first-order valence-corrected chi connectivity index (χ1v) is 10.5. The summed E-state index contributed by atoms with van der Waals surface area (Å²) in [5.41, 5.74) is -0.102. The molecule has 0 saturated carbocycles. The Morgan fingerprint density at radius 1 is 1.27 bits per heavy atom. The molecule has 30 heavy (non-hydrogen) atoms. The molecule has 2 saturated heterocycles. The monoisotopic (exact) mass is 414 g/mol. The van der Waals surface area contributed by atoms with E-state index in [9.17, 15) is 24.5 Å². The molecule has 4 amide bonds. The lowest BCUT2D eigenvalue weighted by Crippen LogP contribution is -2.73. The van der Waals surface area contributed by atoms with Gasteiger partial charge in [0, 0.05) is 36.8 Å². The number of anilines is 1. The molecular weight excluding hydrogens is 388 g/mol. The Kier molecular flexibility index (Phi) is 4.99. The van der Waals surface area contributed by atoms with Crippen LogP contribution in [0, 0.1) is 15.5 Å². The van der Waals surface area contributed by atoms with E-state index < -0.39 is 28.2 Å². The number of urea groups is 1. The lowest BCUT2D eigenvalue weighted by Gasteiger charge is -2.52. The molecule has 1 N–H and O–H groups in total. The van der Waals surface area contributed by atoms with Gasteiger partial charge in [0.25, 0.3) is 5.69 Å². The van der Waals surface area contributed by atoms with E-state index in [4.69, 9.17) is 0 Å². The number of barbiturate groups is 1. The Morgan fingerprint density at radius 3 is 2.73 bits per heavy atom. The van der Waals surface area contributed by atoms with Gasteiger partial charge in [0.1, 0.15) is 0 Å². The summed E-state index contributed by atoms with van der Waals surface area (Å²) >= 11 is 0. The van der Waals surface area contributed by atoms with Crippen molar-refractivity contribution in [1.82, 2.24) is 10.2 Å². The maximum absolute atomic E-state index is 13.8. The van der Waals surface area contributed by atoms with Crippen molar-refractivity contribution in [2.75, 3.05) is 11.4 Å². The molecule has 0 bridgehead atoms. The number of fused-ring (bicyclic) bond motifs is 4. The minimum Gasteiger partial charge on any atom is -0.367 e. The van der Waals surface area contributed by atoms with Gasteiger partial charge in [0.05, 0.1) is 11.0 Å². The van der Waals surface area contributed by atoms with Crippen LogP contribution in [-0.4, -0.2) is 46.3 Å². The van der Waals surface area contributed by atoms with E-state index in [0.717, 1.165) is 24.9 Å². The zero-order valence-corrected chi connectivity index (χ0v) is 17.2. The summed E-state index contributed by atoms with van der Waals surface area (Å²) in [7, 11) is 0. The van der Waals surface area contributed by atoms with Crippen LogP contribution in [0.25, 0.3) is 0 Å². The summed E-state index contributed by atoms with van der Waals surface area (Å²) in [5.74, 6) is -1.08. The highest BCUT2D eigenvalue weighted by molar-refractivity contribution is 6.20. The zero-order valence-electron chi connectivity index (χ0n) is 17.2. The average molecular weight is 414 g/mol. The lowest BCUT2D eigenvalue weighted by molar-refractivity contribution is -0.384. The van der Waals surface area contributed by atoms with Gasteiger partial charge in [-0.3, -0.25) is 29.9 Å². The molecule has 0 aliphatic carbocycles. The van der Waals surface area contributed by atoms with Gasteiger partial charge in [-0.1, -0.05) is 19.8 Å². The Morgan fingerprint density at radius 2 is 2.03 bits per heavy atom. The summed E-state index contributed by atoms with van der Waals surface area (Å²) in [4.78, 5) is 53.7. The highest BCUT2D eigenvalue weighted by atomic mass is 16.6. The van der Waals surface area contributed by atoms with Gasteiger partial charge in [-0.05, 0) is 37.8 Å². The van der Waals surface area contributed by atoms with Crippen LogP contribution in [0.3, 0.4) is 0 Å². The molecule has 9 heteroatoms. The molecule has 3 aliphatic heterocycles. The van der Waals surface area contributed by atoms with Crippen LogP contribution in [0.5, 0.6) is 0 Å². The number of carbonyl (C=O) groups is 3. The van der Waals surface area contributed by atoms with Crippen LogP contribution in [0.1, 0.15) is 51.5 Å². The van der Waals surface area contributed by atoms with Crippen LogP contribution in [0.15, 0.2) is 18.2 Å². The van der Waals surface area contributed by atoms with Crippen molar-refractivity contribution in [1.29, 1.82) is 0 Å². The molecule has 3 atom stereocenters. The molecule has 2 fully saturated rings. The Labute approximate surface area is 174 Å². The Bertz CT molecular complexity index is 932. The number of hydrogen-bond acceptors (Lipinski definition) is 6. The number of nitro benzene ring substituents is 1. The third-order valence-corrected chi connectivity index (χ3v) is 6.85. The minimum atomic E-state index is -1.47. The molecule has 0 unspecified atom stereocenters. The van der Waals surface area contributed by atoms with Crippen LogP contribution in [0.4, 0.5) is 16.2 Å². The summed E-state index contributed by atoms with van der Waals surface area (Å²) in [6.45, 7) is 4.33. The molecule has 0 aromatic heterocycles. The molecular formula is C21H26N4O5. The number of nitrogens with one attached hydrogen (secondary N) is 1. The van der Waals surface area contributed by atoms with Gasteiger partial charge < -0.3 is 4.90 Å². The number of nitrogens with zero attached hydrogens (tertiary/aromatic N) is 3. The maximum atomic E-state index is 13.8. The van der Waals surface area contributed by atoms with Crippen molar-refractivity contribution in [2.24, 2.45) is 5.41 Å². The van der Waals surface area contributed by atoms with Gasteiger partial charge in [0.15, 0.2) is 5.41 Å². The largest absolute Gasteiger partial charge is 0.367 e. The van der Waals surface area contributed by atoms with Crippen molar-refractivity contribution in [3.8, 4) is 0 Å². The summed E-state index contributed by atoms with van der Waals surface area (Å²) in [5, 5.41) is 13.8. The van der Waals surface area contributed by atoms with Crippen molar-refractivity contribution in [3.63, 3.8) is 0 Å². The average Bonchev–Trinajstić information content (AvgIpc) is 2.98. The molecule has 1 spiro atoms. The first-order chi connectivity index (χ1) is 14.3. The third kappa shape index (κ3) is 2.86. The molecule has 1 aromatic carbocycles. The van der Waals surface area contributed by atoms with Gasteiger partial charge in [0.2, 0.25) is 11.8 Å². The first kappa shape index (κ1) is 20.3. The molecule has 9 nitrogen and oxygen atoms in total. The van der Waals surface area contributed by atoms with Crippen LogP contribution >= 0.6 is 0 Å². The van der Waals surface area contributed by atoms with Gasteiger partial charge in [-0.2, -0.15) is 0 Å². The fraction of sp³-hybridized carbons (Fsp3) is 0.571. The quantitative estimate of drug-likeness (QED) is 0.462. The number of hydrogen-bond donors (Lipinski definition) is 1. The van der Waals surface area contributed by atoms with E-state index in [0.29, 0.717) is 24.9 Å². The fourth-order valence-corrected chi connectivity index (χ4v) is 5.14. The minimum absolute atomic E-state index is 0.0516. The lowest BCUT2D eigenvalue weighted by atomic mass is 9.67. The number of non-ortho nitro benzene ring substituents is 1. The number of amides is 4. The molecule has 3 heterocycles. The second kappa shape index (κ2) is 7.37. The standard InChI is InChI=1S/C21H26N4O5/c1-3-13(2)24-19(27)21(18(26)22-20(24)28)12-14-11-15(25(29)30)8-9-16(14)23-10-6-4-5-7-17(21)23/h8-9,11,13,17H,3-7,10,12H2,1-2H3,(H,22,26,28)/t13-,17-,21-/m1/s1. The normalized spacial score (nSPS) is 27.3. The SMILES string of the molecule is CC[C@@H](C)N1C(=O)NC(=O)[C@]2(Cc3cc([N+](=O)[O-])ccc3N3CCCCC[C@@H]32)C1=O. The van der Waals surface area contributed by atoms with E-state index in [1.54, 1.807) is 13.0 Å². The smallest absolute Gasteiger partial charge is 0.331 e. The number of nitro groups is 1. The topological polar surface area (TPSA) is 113 Å². The summed E-state index contributed by atoms with van der Waals surface area (Å²) < 4.78 is 0. The maximum Gasteiger partial charge on any atom is 0.331 e. The van der Waals surface area contributed by atoms with Crippen molar-refractivity contribution < 1.29 is 19.3 Å². The van der Waals surface area contributed by atoms with Gasteiger partial charge in [-0.15, -0.1) is 0 Å². The van der Waals surface area contributed by atoms with E-state index in [1.807, 2.05) is 6.92 Å².